The molecule has 2 aliphatic heterocycles. The third-order valence-electron chi connectivity index (χ3n) is 7.88. The summed E-state index contributed by atoms with van der Waals surface area (Å²) >= 11 is 1.52. The van der Waals surface area contributed by atoms with E-state index in [1.54, 1.807) is 16.7 Å². The maximum atomic E-state index is 14.0. The normalized spacial score (nSPS) is 18.8. The van der Waals surface area contributed by atoms with Crippen molar-refractivity contribution in [3.8, 4) is 0 Å². The molecule has 4 rings (SSSR count). The molecule has 0 bridgehead atoms. The largest absolute Gasteiger partial charge is 0.465 e. The first kappa shape index (κ1) is 31.0. The number of amides is 5. The lowest BCUT2D eigenvalue weighted by Crippen LogP contribution is -2.62. The first-order valence-electron chi connectivity index (χ1n) is 14.3. The number of fused-ring (bicyclic) bond motifs is 1. The van der Waals surface area contributed by atoms with Gasteiger partial charge in [-0.1, -0.05) is 32.9 Å². The smallest absolute Gasteiger partial charge is 0.405 e. The van der Waals surface area contributed by atoms with E-state index in [9.17, 15) is 29.1 Å². The second-order valence-electron chi connectivity index (χ2n) is 11.5. The molecule has 226 valence electrons. The van der Waals surface area contributed by atoms with Crippen molar-refractivity contribution in [3.05, 3.63) is 46.2 Å². The fourth-order valence-electron chi connectivity index (χ4n) is 5.45. The van der Waals surface area contributed by atoms with Crippen LogP contribution in [0.5, 0.6) is 0 Å². The van der Waals surface area contributed by atoms with Crippen molar-refractivity contribution < 1.29 is 29.1 Å². The zero-order chi connectivity index (χ0) is 30.6. The van der Waals surface area contributed by atoms with E-state index in [1.165, 1.54) is 18.3 Å². The van der Waals surface area contributed by atoms with Crippen LogP contribution in [0.15, 0.2) is 35.0 Å². The number of thiophene rings is 1. The maximum Gasteiger partial charge on any atom is 0.405 e. The highest BCUT2D eigenvalue weighted by Crippen LogP contribution is 2.40. The summed E-state index contributed by atoms with van der Waals surface area (Å²) in [4.78, 5) is 68.2. The SMILES string of the molecule is CC[C@](C)(NC(=O)O)C(=O)N[C@H](CC(C)C)C(=O)NC1Cc2cccc(N3CCCC3=O)c2N(Cc2ccsc2)C1=O. The number of nitrogens with one attached hydrogen (secondary N) is 3. The Kier molecular flexibility index (Phi) is 9.55. The molecule has 0 spiro atoms. The second-order valence-corrected chi connectivity index (χ2v) is 12.3. The molecule has 5 amide bonds. The fourth-order valence-corrected chi connectivity index (χ4v) is 6.11. The lowest BCUT2D eigenvalue weighted by molar-refractivity contribution is -0.134. The van der Waals surface area contributed by atoms with E-state index in [4.69, 9.17) is 0 Å². The van der Waals surface area contributed by atoms with Crippen LogP contribution < -0.4 is 25.8 Å². The lowest BCUT2D eigenvalue weighted by atomic mass is 9.93. The Morgan fingerprint density at radius 2 is 1.95 bits per heavy atom. The molecular formula is C30H39N5O6S. The second kappa shape index (κ2) is 12.9. The molecule has 1 saturated heterocycles. The number of carbonyl (C=O) groups is 5. The van der Waals surface area contributed by atoms with Crippen LogP contribution in [-0.2, 0) is 32.1 Å². The Labute approximate surface area is 249 Å². The number of nitrogens with zero attached hydrogens (tertiary/aromatic N) is 2. The molecule has 0 saturated carbocycles. The summed E-state index contributed by atoms with van der Waals surface area (Å²) in [6, 6.07) is 5.69. The first-order chi connectivity index (χ1) is 19.9. The summed E-state index contributed by atoms with van der Waals surface area (Å²) in [5, 5.41) is 21.0. The molecule has 2 aromatic rings. The van der Waals surface area contributed by atoms with Crippen molar-refractivity contribution in [2.24, 2.45) is 5.92 Å². The highest BCUT2D eigenvalue weighted by Gasteiger charge is 2.40. The van der Waals surface area contributed by atoms with Crippen molar-refractivity contribution in [1.82, 2.24) is 16.0 Å². The minimum Gasteiger partial charge on any atom is -0.465 e. The Morgan fingerprint density at radius 3 is 2.55 bits per heavy atom. The number of carbonyl (C=O) groups excluding carboxylic acids is 4. The molecule has 1 fully saturated rings. The van der Waals surface area contributed by atoms with Gasteiger partial charge in [0.25, 0.3) is 0 Å². The predicted octanol–water partition coefficient (Wildman–Crippen LogP) is 3.42. The molecule has 1 aromatic carbocycles. The standard InChI is InChI=1S/C30H39N5O6S/c1-5-30(4,33-29(40)41)28(39)32-21(14-18(2)3)26(37)31-22-15-20-8-6-9-23(34-12-7-10-24(34)36)25(20)35(27(22)38)16-19-11-13-42-17-19/h6,8-9,11,13,17-18,21-22,33H,5,7,10,12,14-16H2,1-4H3,(H,31,37)(H,32,39)(H,40,41)/t21-,22?,30+/m1/s1. The number of benzene rings is 1. The van der Waals surface area contributed by atoms with Crippen LogP contribution in [0.2, 0.25) is 0 Å². The van der Waals surface area contributed by atoms with Gasteiger partial charge in [0.15, 0.2) is 0 Å². The van der Waals surface area contributed by atoms with Crippen LogP contribution in [0.25, 0.3) is 0 Å². The predicted molar refractivity (Wildman–Crippen MR) is 160 cm³/mol. The first-order valence-corrected chi connectivity index (χ1v) is 15.2. The van der Waals surface area contributed by atoms with Gasteiger partial charge in [0.2, 0.25) is 23.6 Å². The fraction of sp³-hybridized carbons (Fsp3) is 0.500. The van der Waals surface area contributed by atoms with Crippen LogP contribution in [-0.4, -0.2) is 59.0 Å². The number of anilines is 2. The molecular weight excluding hydrogens is 558 g/mol. The highest BCUT2D eigenvalue weighted by atomic mass is 32.1. The molecule has 1 aromatic heterocycles. The summed E-state index contributed by atoms with van der Waals surface area (Å²) in [5.74, 6) is -1.39. The topological polar surface area (TPSA) is 148 Å². The molecule has 4 N–H and O–H groups in total. The average molecular weight is 598 g/mol. The summed E-state index contributed by atoms with van der Waals surface area (Å²) in [5.41, 5.74) is 1.71. The van der Waals surface area contributed by atoms with Crippen molar-refractivity contribution in [2.45, 2.75) is 84.0 Å². The van der Waals surface area contributed by atoms with Gasteiger partial charge in [-0.2, -0.15) is 11.3 Å². The minimum atomic E-state index is -1.43. The third kappa shape index (κ3) is 6.75. The summed E-state index contributed by atoms with van der Waals surface area (Å²) in [6.45, 7) is 7.83. The maximum absolute atomic E-state index is 14.0. The van der Waals surface area contributed by atoms with Gasteiger partial charge in [-0.3, -0.25) is 19.2 Å². The molecule has 3 atom stereocenters. The van der Waals surface area contributed by atoms with Gasteiger partial charge in [-0.15, -0.1) is 0 Å². The molecule has 0 radical (unpaired) electrons. The monoisotopic (exact) mass is 597 g/mol. The number of hydrogen-bond donors (Lipinski definition) is 4. The Bertz CT molecular complexity index is 1350. The van der Waals surface area contributed by atoms with E-state index in [1.807, 2.05) is 48.9 Å². The van der Waals surface area contributed by atoms with Crippen molar-refractivity contribution >= 4 is 52.4 Å². The molecule has 0 aliphatic carbocycles. The van der Waals surface area contributed by atoms with Gasteiger partial charge >= 0.3 is 6.09 Å². The van der Waals surface area contributed by atoms with Gasteiger partial charge in [0.05, 0.1) is 17.9 Å². The van der Waals surface area contributed by atoms with E-state index in [0.29, 0.717) is 30.8 Å². The van der Waals surface area contributed by atoms with E-state index in [-0.39, 0.29) is 37.1 Å². The van der Waals surface area contributed by atoms with E-state index in [2.05, 4.69) is 16.0 Å². The van der Waals surface area contributed by atoms with Gasteiger partial charge in [-0.05, 0) is 66.1 Å². The van der Waals surface area contributed by atoms with Gasteiger partial charge < -0.3 is 30.9 Å². The molecule has 12 heteroatoms. The van der Waals surface area contributed by atoms with Crippen LogP contribution in [0.4, 0.5) is 16.2 Å². The van der Waals surface area contributed by atoms with Crippen LogP contribution in [0, 0.1) is 5.92 Å². The Hall–Kier alpha value is -3.93. The number of hydrogen-bond acceptors (Lipinski definition) is 6. The molecule has 3 heterocycles. The van der Waals surface area contributed by atoms with Crippen molar-refractivity contribution in [1.29, 1.82) is 0 Å². The zero-order valence-corrected chi connectivity index (χ0v) is 25.3. The van der Waals surface area contributed by atoms with Crippen LogP contribution in [0.1, 0.15) is 64.5 Å². The van der Waals surface area contributed by atoms with Gasteiger partial charge in [-0.25, -0.2) is 4.79 Å². The van der Waals surface area contributed by atoms with E-state index in [0.717, 1.165) is 17.5 Å². The molecule has 11 nitrogen and oxygen atoms in total. The lowest BCUT2D eigenvalue weighted by Gasteiger charge is -2.38. The quantitative estimate of drug-likeness (QED) is 0.312. The molecule has 42 heavy (non-hydrogen) atoms. The van der Waals surface area contributed by atoms with Crippen molar-refractivity contribution in [2.75, 3.05) is 16.3 Å². The average Bonchev–Trinajstić information content (AvgIpc) is 3.61. The Morgan fingerprint density at radius 1 is 1.19 bits per heavy atom. The minimum absolute atomic E-state index is 0.0190. The highest BCUT2D eigenvalue weighted by molar-refractivity contribution is 7.07. The number of rotatable bonds is 11. The summed E-state index contributed by atoms with van der Waals surface area (Å²) in [7, 11) is 0. The van der Waals surface area contributed by atoms with Crippen LogP contribution in [0.3, 0.4) is 0 Å². The summed E-state index contributed by atoms with van der Waals surface area (Å²) < 4.78 is 0. The zero-order valence-electron chi connectivity index (χ0n) is 24.4. The number of carboxylic acid groups (broad SMARTS) is 1. The Balaban J connectivity index is 1.62. The van der Waals surface area contributed by atoms with Gasteiger partial charge in [0.1, 0.15) is 17.6 Å². The van der Waals surface area contributed by atoms with Gasteiger partial charge in [0, 0.05) is 19.4 Å². The third-order valence-corrected chi connectivity index (χ3v) is 8.61. The van der Waals surface area contributed by atoms with Crippen LogP contribution >= 0.6 is 11.3 Å². The molecule has 2 aliphatic rings. The summed E-state index contributed by atoms with van der Waals surface area (Å²) in [6.07, 6.45) is 0.572. The number of para-hydroxylation sites is 1. The van der Waals surface area contributed by atoms with E-state index < -0.39 is 35.5 Å². The van der Waals surface area contributed by atoms with Crippen molar-refractivity contribution in [3.63, 3.8) is 0 Å². The van der Waals surface area contributed by atoms with E-state index >= 15 is 0 Å². The molecule has 1 unspecified atom stereocenters.